The Balaban J connectivity index is 2.01. The number of aromatic nitrogens is 2. The van der Waals surface area contributed by atoms with Gasteiger partial charge >= 0.3 is 0 Å². The molecule has 19 heavy (non-hydrogen) atoms. The number of carbonyl (C=O) groups excluding carboxylic acids is 1. The number of aliphatic hydroxyl groups excluding tert-OH is 1. The quantitative estimate of drug-likeness (QED) is 0.897. The van der Waals surface area contributed by atoms with Crippen molar-refractivity contribution in [2.45, 2.75) is 38.7 Å². The van der Waals surface area contributed by atoms with Crippen molar-refractivity contribution >= 4 is 5.91 Å². The first kappa shape index (κ1) is 14.1. The minimum atomic E-state index is -0.265. The summed E-state index contributed by atoms with van der Waals surface area (Å²) >= 11 is 0. The molecule has 1 aromatic heterocycles. The maximum atomic E-state index is 12.4. The number of aliphatic hydroxyl groups is 1. The lowest BCUT2D eigenvalue weighted by Crippen LogP contribution is -2.38. The van der Waals surface area contributed by atoms with E-state index >= 15 is 0 Å². The van der Waals surface area contributed by atoms with E-state index in [1.54, 1.807) is 22.8 Å². The molecule has 2 unspecified atom stereocenters. The molecule has 1 heterocycles. The second-order valence-electron chi connectivity index (χ2n) is 5.56. The molecule has 5 heteroatoms. The summed E-state index contributed by atoms with van der Waals surface area (Å²) in [5.74, 6) is 0.197. The molecule has 0 spiro atoms. The van der Waals surface area contributed by atoms with Crippen molar-refractivity contribution in [3.05, 3.63) is 17.5 Å². The monoisotopic (exact) mass is 265 g/mol. The van der Waals surface area contributed by atoms with Gasteiger partial charge in [0.2, 0.25) is 0 Å². The minimum absolute atomic E-state index is 0.0108. The molecule has 1 aromatic rings. The summed E-state index contributed by atoms with van der Waals surface area (Å²) in [5, 5.41) is 14.1. The topological polar surface area (TPSA) is 58.4 Å². The highest BCUT2D eigenvalue weighted by Gasteiger charge is 2.26. The number of rotatable bonds is 3. The van der Waals surface area contributed by atoms with Gasteiger partial charge in [-0.1, -0.05) is 12.8 Å². The number of hydrogen-bond donors (Lipinski definition) is 1. The van der Waals surface area contributed by atoms with Gasteiger partial charge in [-0.15, -0.1) is 0 Å². The van der Waals surface area contributed by atoms with Crippen LogP contribution in [0.2, 0.25) is 0 Å². The van der Waals surface area contributed by atoms with E-state index in [0.717, 1.165) is 31.4 Å². The lowest BCUT2D eigenvalue weighted by molar-refractivity contribution is 0.0451. The summed E-state index contributed by atoms with van der Waals surface area (Å²) in [6.45, 7) is 2.51. The summed E-state index contributed by atoms with van der Waals surface area (Å²) < 4.78 is 1.70. The second kappa shape index (κ2) is 5.74. The predicted octanol–water partition coefficient (Wildman–Crippen LogP) is 1.35. The lowest BCUT2D eigenvalue weighted by Gasteiger charge is -2.31. The lowest BCUT2D eigenvalue weighted by atomic mass is 9.86. The summed E-state index contributed by atoms with van der Waals surface area (Å²) in [5.41, 5.74) is 1.52. The molecule has 0 aliphatic heterocycles. The molecular formula is C14H23N3O2. The molecule has 1 N–H and O–H groups in total. The smallest absolute Gasteiger partial charge is 0.257 e. The Hall–Kier alpha value is -1.36. The van der Waals surface area contributed by atoms with Crippen LogP contribution in [0.1, 0.15) is 41.7 Å². The average Bonchev–Trinajstić information content (AvgIpc) is 2.72. The van der Waals surface area contributed by atoms with E-state index in [-0.39, 0.29) is 17.9 Å². The second-order valence-corrected chi connectivity index (χ2v) is 5.56. The first-order valence-electron chi connectivity index (χ1n) is 6.93. The van der Waals surface area contributed by atoms with Crippen LogP contribution in [-0.4, -0.2) is 45.4 Å². The van der Waals surface area contributed by atoms with E-state index in [9.17, 15) is 9.90 Å². The van der Waals surface area contributed by atoms with Gasteiger partial charge in [0.15, 0.2) is 0 Å². The van der Waals surface area contributed by atoms with Crippen molar-refractivity contribution in [2.75, 3.05) is 13.6 Å². The van der Waals surface area contributed by atoms with Crippen LogP contribution in [0, 0.1) is 12.8 Å². The minimum Gasteiger partial charge on any atom is -0.393 e. The van der Waals surface area contributed by atoms with Crippen LogP contribution >= 0.6 is 0 Å². The average molecular weight is 265 g/mol. The van der Waals surface area contributed by atoms with Crippen LogP contribution in [-0.2, 0) is 7.05 Å². The summed E-state index contributed by atoms with van der Waals surface area (Å²) in [4.78, 5) is 14.1. The first-order chi connectivity index (χ1) is 9.00. The van der Waals surface area contributed by atoms with Crippen LogP contribution in [0.4, 0.5) is 0 Å². The Labute approximate surface area is 114 Å². The number of amides is 1. The van der Waals surface area contributed by atoms with Crippen molar-refractivity contribution in [1.82, 2.24) is 14.7 Å². The molecule has 2 atom stereocenters. The molecule has 1 amide bonds. The zero-order valence-corrected chi connectivity index (χ0v) is 12.0. The fourth-order valence-corrected chi connectivity index (χ4v) is 2.75. The number of aryl methyl sites for hydroxylation is 1. The molecule has 0 saturated heterocycles. The van der Waals surface area contributed by atoms with Gasteiger partial charge in [-0.05, 0) is 19.8 Å². The van der Waals surface area contributed by atoms with Crippen LogP contribution in [0.5, 0.6) is 0 Å². The van der Waals surface area contributed by atoms with Gasteiger partial charge in [0.1, 0.15) is 0 Å². The summed E-state index contributed by atoms with van der Waals surface area (Å²) in [7, 11) is 3.63. The standard InChI is InChI=1S/C14H23N3O2/c1-10-12(8-15-17(10)3)14(19)16(2)9-11-6-4-5-7-13(11)18/h8,11,13,18H,4-7,9H2,1-3H3. The highest BCUT2D eigenvalue weighted by molar-refractivity contribution is 5.94. The third-order valence-electron chi connectivity index (χ3n) is 4.19. The van der Waals surface area contributed by atoms with Crippen molar-refractivity contribution in [2.24, 2.45) is 13.0 Å². The largest absolute Gasteiger partial charge is 0.393 e. The van der Waals surface area contributed by atoms with Gasteiger partial charge in [-0.25, -0.2) is 0 Å². The maximum absolute atomic E-state index is 12.4. The van der Waals surface area contributed by atoms with E-state index in [0.29, 0.717) is 12.1 Å². The Bertz CT molecular complexity index is 456. The maximum Gasteiger partial charge on any atom is 0.257 e. The van der Waals surface area contributed by atoms with E-state index in [4.69, 9.17) is 0 Å². The van der Waals surface area contributed by atoms with Gasteiger partial charge in [0, 0.05) is 32.3 Å². The SMILES string of the molecule is Cc1c(C(=O)N(C)CC2CCCCC2O)cnn1C. The highest BCUT2D eigenvalue weighted by atomic mass is 16.3. The molecule has 1 aliphatic rings. The van der Waals surface area contributed by atoms with Crippen molar-refractivity contribution in [3.63, 3.8) is 0 Å². The highest BCUT2D eigenvalue weighted by Crippen LogP contribution is 2.25. The molecule has 2 rings (SSSR count). The molecule has 0 aromatic carbocycles. The van der Waals surface area contributed by atoms with Crippen molar-refractivity contribution < 1.29 is 9.90 Å². The van der Waals surface area contributed by atoms with E-state index in [1.807, 2.05) is 14.0 Å². The first-order valence-corrected chi connectivity index (χ1v) is 6.93. The van der Waals surface area contributed by atoms with Crippen LogP contribution in [0.25, 0.3) is 0 Å². The van der Waals surface area contributed by atoms with E-state index in [1.165, 1.54) is 0 Å². The Morgan fingerprint density at radius 3 is 2.79 bits per heavy atom. The van der Waals surface area contributed by atoms with E-state index < -0.39 is 0 Å². The van der Waals surface area contributed by atoms with Crippen LogP contribution in [0.15, 0.2) is 6.20 Å². The third kappa shape index (κ3) is 2.97. The molecule has 0 radical (unpaired) electrons. The molecular weight excluding hydrogens is 242 g/mol. The Morgan fingerprint density at radius 2 is 2.21 bits per heavy atom. The Kier molecular flexibility index (Phi) is 4.24. The predicted molar refractivity (Wildman–Crippen MR) is 72.9 cm³/mol. The van der Waals surface area contributed by atoms with Crippen molar-refractivity contribution in [3.8, 4) is 0 Å². The van der Waals surface area contributed by atoms with Crippen LogP contribution in [0.3, 0.4) is 0 Å². The molecule has 1 fully saturated rings. The van der Waals surface area contributed by atoms with Gasteiger partial charge in [-0.3, -0.25) is 9.48 Å². The molecule has 1 saturated carbocycles. The fourth-order valence-electron chi connectivity index (χ4n) is 2.75. The fraction of sp³-hybridized carbons (Fsp3) is 0.714. The van der Waals surface area contributed by atoms with Gasteiger partial charge in [-0.2, -0.15) is 5.10 Å². The molecule has 1 aliphatic carbocycles. The van der Waals surface area contributed by atoms with Gasteiger partial charge in [0.05, 0.1) is 17.9 Å². The molecule has 5 nitrogen and oxygen atoms in total. The van der Waals surface area contributed by atoms with Crippen molar-refractivity contribution in [1.29, 1.82) is 0 Å². The van der Waals surface area contributed by atoms with E-state index in [2.05, 4.69) is 5.10 Å². The zero-order chi connectivity index (χ0) is 14.0. The number of carbonyl (C=O) groups is 1. The zero-order valence-electron chi connectivity index (χ0n) is 12.0. The normalized spacial score (nSPS) is 23.4. The Morgan fingerprint density at radius 1 is 1.53 bits per heavy atom. The summed E-state index contributed by atoms with van der Waals surface area (Å²) in [6.07, 6.45) is 5.46. The molecule has 0 bridgehead atoms. The number of nitrogens with zero attached hydrogens (tertiary/aromatic N) is 3. The van der Waals surface area contributed by atoms with Gasteiger partial charge in [0.25, 0.3) is 5.91 Å². The third-order valence-corrected chi connectivity index (χ3v) is 4.19. The van der Waals surface area contributed by atoms with Crippen LogP contribution < -0.4 is 0 Å². The van der Waals surface area contributed by atoms with Gasteiger partial charge < -0.3 is 10.0 Å². The molecule has 106 valence electrons. The summed E-state index contributed by atoms with van der Waals surface area (Å²) in [6, 6.07) is 0. The number of hydrogen-bond acceptors (Lipinski definition) is 3.